The van der Waals surface area contributed by atoms with Crippen molar-refractivity contribution in [3.05, 3.63) is 65.7 Å². The molecule has 26 heavy (non-hydrogen) atoms. The Morgan fingerprint density at radius 1 is 1.12 bits per heavy atom. The summed E-state index contributed by atoms with van der Waals surface area (Å²) in [6, 6.07) is 17.7. The Balaban J connectivity index is 1.33. The highest BCUT2D eigenvalue weighted by Gasteiger charge is 2.23. The van der Waals surface area contributed by atoms with Gasteiger partial charge in [0.05, 0.1) is 0 Å². The molecule has 0 spiro atoms. The number of hydrogen-bond acceptors (Lipinski definition) is 3. The smallest absolute Gasteiger partial charge is 0.251 e. The van der Waals surface area contributed by atoms with Crippen molar-refractivity contribution in [3.63, 3.8) is 0 Å². The number of nitrogens with zero attached hydrogens (tertiary/aromatic N) is 1. The van der Waals surface area contributed by atoms with Gasteiger partial charge in [0.1, 0.15) is 11.9 Å². The number of nitrogens with one attached hydrogen (secondary N) is 1. The van der Waals surface area contributed by atoms with Crippen molar-refractivity contribution in [2.24, 2.45) is 0 Å². The molecule has 138 valence electrons. The van der Waals surface area contributed by atoms with Gasteiger partial charge in [-0.2, -0.15) is 0 Å². The van der Waals surface area contributed by atoms with Gasteiger partial charge in [0.15, 0.2) is 0 Å². The normalized spacial score (nSPS) is 15.5. The van der Waals surface area contributed by atoms with Crippen molar-refractivity contribution in [2.75, 3.05) is 26.2 Å². The molecule has 1 amide bonds. The number of hydrogen-bond donors (Lipinski definition) is 1. The fourth-order valence-corrected chi connectivity index (χ4v) is 3.38. The monoisotopic (exact) mass is 352 g/mol. The quantitative estimate of drug-likeness (QED) is 0.702. The van der Waals surface area contributed by atoms with Gasteiger partial charge in [-0.05, 0) is 49.7 Å². The third-order valence-electron chi connectivity index (χ3n) is 4.85. The second-order valence-corrected chi connectivity index (χ2v) is 6.77. The first kappa shape index (κ1) is 18.5. The Morgan fingerprint density at radius 3 is 2.65 bits per heavy atom. The number of benzene rings is 2. The first-order chi connectivity index (χ1) is 12.8. The fraction of sp³-hybridized carbons (Fsp3) is 0.409. The molecular formula is C22H28N2O2. The van der Waals surface area contributed by atoms with Gasteiger partial charge in [0.25, 0.3) is 5.91 Å². The minimum Gasteiger partial charge on any atom is -0.488 e. The first-order valence-electron chi connectivity index (χ1n) is 9.56. The van der Waals surface area contributed by atoms with E-state index in [-0.39, 0.29) is 12.0 Å². The van der Waals surface area contributed by atoms with Crippen LogP contribution in [0, 0.1) is 0 Å². The summed E-state index contributed by atoms with van der Waals surface area (Å²) in [6.07, 6.45) is 3.31. The van der Waals surface area contributed by atoms with Gasteiger partial charge < -0.3 is 10.1 Å². The molecule has 4 nitrogen and oxygen atoms in total. The third-order valence-corrected chi connectivity index (χ3v) is 4.85. The standard InChI is InChI=1S/C22H28N2O2/c1-2-24(17-20-16-19-12-6-7-13-21(19)26-20)15-9-8-14-23-22(25)18-10-4-3-5-11-18/h3-7,10-13,20H,2,8-9,14-17H2,1H3,(H,23,25). The second kappa shape index (κ2) is 9.39. The molecule has 1 unspecified atom stereocenters. The summed E-state index contributed by atoms with van der Waals surface area (Å²) in [7, 11) is 0. The van der Waals surface area contributed by atoms with Crippen LogP contribution in [0.5, 0.6) is 5.75 Å². The molecule has 2 aromatic rings. The molecule has 0 aliphatic carbocycles. The molecule has 0 radical (unpaired) electrons. The van der Waals surface area contributed by atoms with Gasteiger partial charge in [0, 0.05) is 25.1 Å². The summed E-state index contributed by atoms with van der Waals surface area (Å²) in [5.74, 6) is 1.05. The van der Waals surface area contributed by atoms with Crippen molar-refractivity contribution in [3.8, 4) is 5.75 Å². The lowest BCUT2D eigenvalue weighted by Gasteiger charge is -2.23. The SMILES string of the molecule is CCN(CCCCNC(=O)c1ccccc1)CC1Cc2ccccc2O1. The Morgan fingerprint density at radius 2 is 1.88 bits per heavy atom. The van der Waals surface area contributed by atoms with Crippen LogP contribution < -0.4 is 10.1 Å². The lowest BCUT2D eigenvalue weighted by molar-refractivity contribution is 0.0952. The number of amides is 1. The van der Waals surface area contributed by atoms with Crippen LogP contribution in [0.15, 0.2) is 54.6 Å². The Hall–Kier alpha value is -2.33. The maximum Gasteiger partial charge on any atom is 0.251 e. The molecule has 3 rings (SSSR count). The summed E-state index contributed by atoms with van der Waals surface area (Å²) in [5.41, 5.74) is 2.04. The number of likely N-dealkylation sites (N-methyl/N-ethyl adjacent to an activating group) is 1. The van der Waals surface area contributed by atoms with E-state index in [2.05, 4.69) is 35.3 Å². The summed E-state index contributed by atoms with van der Waals surface area (Å²) < 4.78 is 6.05. The molecule has 2 aromatic carbocycles. The van der Waals surface area contributed by atoms with E-state index < -0.39 is 0 Å². The van der Waals surface area contributed by atoms with Crippen LogP contribution in [0.1, 0.15) is 35.7 Å². The molecular weight excluding hydrogens is 324 g/mol. The summed E-state index contributed by atoms with van der Waals surface area (Å²) >= 11 is 0. The largest absolute Gasteiger partial charge is 0.488 e. The highest BCUT2D eigenvalue weighted by Crippen LogP contribution is 2.28. The molecule has 1 atom stereocenters. The molecule has 0 aromatic heterocycles. The lowest BCUT2D eigenvalue weighted by Crippen LogP contribution is -2.35. The topological polar surface area (TPSA) is 41.6 Å². The lowest BCUT2D eigenvalue weighted by atomic mass is 10.1. The van der Waals surface area contributed by atoms with Gasteiger partial charge in [-0.15, -0.1) is 0 Å². The van der Waals surface area contributed by atoms with Crippen molar-refractivity contribution < 1.29 is 9.53 Å². The predicted molar refractivity (Wildman–Crippen MR) is 105 cm³/mol. The first-order valence-corrected chi connectivity index (χ1v) is 9.56. The number of carbonyl (C=O) groups is 1. The van der Waals surface area contributed by atoms with E-state index in [1.54, 1.807) is 0 Å². The number of para-hydroxylation sites is 1. The van der Waals surface area contributed by atoms with Crippen LogP contribution >= 0.6 is 0 Å². The van der Waals surface area contributed by atoms with Crippen LogP contribution in [0.4, 0.5) is 0 Å². The summed E-state index contributed by atoms with van der Waals surface area (Å²) in [4.78, 5) is 14.4. The van der Waals surface area contributed by atoms with Crippen LogP contribution in [-0.2, 0) is 6.42 Å². The number of unbranched alkanes of at least 4 members (excludes halogenated alkanes) is 1. The van der Waals surface area contributed by atoms with Gasteiger partial charge in [-0.3, -0.25) is 9.69 Å². The Kier molecular flexibility index (Phi) is 6.67. The van der Waals surface area contributed by atoms with Gasteiger partial charge >= 0.3 is 0 Å². The maximum atomic E-state index is 12.0. The maximum absolute atomic E-state index is 12.0. The number of fused-ring (bicyclic) bond motifs is 1. The summed E-state index contributed by atoms with van der Waals surface area (Å²) in [5, 5.41) is 2.99. The van der Waals surface area contributed by atoms with E-state index >= 15 is 0 Å². The molecule has 1 N–H and O–H groups in total. The highest BCUT2D eigenvalue weighted by molar-refractivity contribution is 5.94. The molecule has 0 saturated heterocycles. The summed E-state index contributed by atoms with van der Waals surface area (Å²) in [6.45, 7) is 5.93. The zero-order valence-electron chi connectivity index (χ0n) is 15.5. The van der Waals surface area contributed by atoms with Crippen LogP contribution in [0.25, 0.3) is 0 Å². The van der Waals surface area contributed by atoms with E-state index in [0.29, 0.717) is 0 Å². The van der Waals surface area contributed by atoms with Gasteiger partial charge in [-0.1, -0.05) is 43.3 Å². The van der Waals surface area contributed by atoms with E-state index in [4.69, 9.17) is 4.74 Å². The van der Waals surface area contributed by atoms with Crippen molar-refractivity contribution in [2.45, 2.75) is 32.3 Å². The fourth-order valence-electron chi connectivity index (χ4n) is 3.38. The average Bonchev–Trinajstić information content (AvgIpc) is 3.09. The van der Waals surface area contributed by atoms with Crippen LogP contribution in [-0.4, -0.2) is 43.1 Å². The second-order valence-electron chi connectivity index (χ2n) is 6.77. The number of rotatable bonds is 9. The molecule has 0 fully saturated rings. The van der Waals surface area contributed by atoms with Crippen LogP contribution in [0.2, 0.25) is 0 Å². The van der Waals surface area contributed by atoms with Crippen molar-refractivity contribution in [1.29, 1.82) is 0 Å². The molecule has 0 saturated carbocycles. The number of carbonyl (C=O) groups excluding carboxylic acids is 1. The molecule has 1 aliphatic heterocycles. The van der Waals surface area contributed by atoms with E-state index in [0.717, 1.165) is 56.8 Å². The van der Waals surface area contributed by atoms with Gasteiger partial charge in [-0.25, -0.2) is 0 Å². The molecule has 4 heteroatoms. The minimum absolute atomic E-state index is 0.00932. The van der Waals surface area contributed by atoms with E-state index in [9.17, 15) is 4.79 Å². The minimum atomic E-state index is 0.00932. The Labute approximate surface area is 156 Å². The Bertz CT molecular complexity index is 677. The van der Waals surface area contributed by atoms with Crippen molar-refractivity contribution >= 4 is 5.91 Å². The van der Waals surface area contributed by atoms with E-state index in [1.807, 2.05) is 36.4 Å². The van der Waals surface area contributed by atoms with Gasteiger partial charge in [0.2, 0.25) is 0 Å². The molecule has 1 heterocycles. The zero-order chi connectivity index (χ0) is 18.2. The molecule has 0 bridgehead atoms. The zero-order valence-corrected chi connectivity index (χ0v) is 15.5. The molecule has 1 aliphatic rings. The predicted octanol–water partition coefficient (Wildman–Crippen LogP) is 3.52. The third kappa shape index (κ3) is 5.09. The number of ether oxygens (including phenoxy) is 1. The van der Waals surface area contributed by atoms with Crippen LogP contribution in [0.3, 0.4) is 0 Å². The average molecular weight is 352 g/mol. The van der Waals surface area contributed by atoms with Crippen molar-refractivity contribution in [1.82, 2.24) is 10.2 Å². The van der Waals surface area contributed by atoms with E-state index in [1.165, 1.54) is 5.56 Å². The highest BCUT2D eigenvalue weighted by atomic mass is 16.5.